The van der Waals surface area contributed by atoms with E-state index in [1.807, 2.05) is 30.3 Å². The highest BCUT2D eigenvalue weighted by atomic mass is 35.5. The number of amides is 2. The molecule has 148 valence electrons. The van der Waals surface area contributed by atoms with Gasteiger partial charge < -0.3 is 14.7 Å². The van der Waals surface area contributed by atoms with Crippen LogP contribution in [0.25, 0.3) is 0 Å². The Morgan fingerprint density at radius 1 is 1.14 bits per heavy atom. The lowest BCUT2D eigenvalue weighted by atomic mass is 10.1. The number of likely N-dealkylation sites (tertiary alicyclic amines) is 1. The van der Waals surface area contributed by atoms with Crippen LogP contribution in [0.5, 0.6) is 0 Å². The molecule has 0 spiro atoms. The smallest absolute Gasteiger partial charge is 0.410 e. The van der Waals surface area contributed by atoms with Crippen LogP contribution in [-0.4, -0.2) is 52.6 Å². The number of benzene rings is 2. The minimum absolute atomic E-state index is 0.0728. The Morgan fingerprint density at radius 2 is 1.82 bits per heavy atom. The van der Waals surface area contributed by atoms with E-state index in [4.69, 9.17) is 16.3 Å². The van der Waals surface area contributed by atoms with Crippen LogP contribution >= 0.6 is 11.6 Å². The van der Waals surface area contributed by atoms with Crippen LogP contribution in [0.15, 0.2) is 54.6 Å². The third kappa shape index (κ3) is 5.03. The van der Waals surface area contributed by atoms with E-state index in [1.165, 1.54) is 4.90 Å². The average molecular weight is 403 g/mol. The normalized spacial score (nSPS) is 18.8. The molecule has 7 heteroatoms. The number of likely N-dealkylation sites (N-methyl/N-ethyl adjacent to an activating group) is 1. The molecule has 2 atom stereocenters. The van der Waals surface area contributed by atoms with E-state index in [9.17, 15) is 14.7 Å². The van der Waals surface area contributed by atoms with Crippen molar-refractivity contribution in [3.8, 4) is 0 Å². The lowest BCUT2D eigenvalue weighted by Crippen LogP contribution is -2.46. The summed E-state index contributed by atoms with van der Waals surface area (Å²) in [6.07, 6.45) is -1.16. The first-order valence-electron chi connectivity index (χ1n) is 9.09. The molecule has 1 saturated heterocycles. The second-order valence-electron chi connectivity index (χ2n) is 6.92. The van der Waals surface area contributed by atoms with Crippen LogP contribution in [0.2, 0.25) is 5.02 Å². The highest BCUT2D eigenvalue weighted by molar-refractivity contribution is 6.30. The number of carbonyl (C=O) groups excluding carboxylic acids is 2. The summed E-state index contributed by atoms with van der Waals surface area (Å²) in [7, 11) is 1.69. The van der Waals surface area contributed by atoms with E-state index in [1.54, 1.807) is 36.2 Å². The van der Waals surface area contributed by atoms with Gasteiger partial charge in [-0.3, -0.25) is 9.69 Å². The third-order valence-corrected chi connectivity index (χ3v) is 4.96. The summed E-state index contributed by atoms with van der Waals surface area (Å²) in [6.45, 7) is 0.582. The van der Waals surface area contributed by atoms with E-state index >= 15 is 0 Å². The Hall–Kier alpha value is -2.57. The van der Waals surface area contributed by atoms with Crippen molar-refractivity contribution in [2.75, 3.05) is 13.6 Å². The Labute approximate surface area is 169 Å². The molecule has 0 aliphatic carbocycles. The Kier molecular flexibility index (Phi) is 6.54. The second kappa shape index (κ2) is 9.08. The summed E-state index contributed by atoms with van der Waals surface area (Å²) < 4.78 is 5.34. The molecule has 1 fully saturated rings. The lowest BCUT2D eigenvalue weighted by molar-refractivity contribution is -0.134. The summed E-state index contributed by atoms with van der Waals surface area (Å²) in [5.41, 5.74) is 1.79. The Bertz CT molecular complexity index is 813. The number of hydrogen-bond donors (Lipinski definition) is 1. The number of hydrogen-bond acceptors (Lipinski definition) is 4. The number of β-amino-alcohol motifs (C(OH)–C–C–N with tert-alkyl or cyclic N) is 1. The predicted octanol–water partition coefficient (Wildman–Crippen LogP) is 3.07. The summed E-state index contributed by atoms with van der Waals surface area (Å²) >= 11 is 5.85. The molecule has 2 amide bonds. The maximum absolute atomic E-state index is 12.9. The van der Waals surface area contributed by atoms with E-state index in [2.05, 4.69) is 0 Å². The summed E-state index contributed by atoms with van der Waals surface area (Å²) in [6, 6.07) is 15.8. The second-order valence-corrected chi connectivity index (χ2v) is 7.36. The van der Waals surface area contributed by atoms with Gasteiger partial charge in [0.25, 0.3) is 0 Å². The number of nitrogens with zero attached hydrogens (tertiary/aromatic N) is 2. The van der Waals surface area contributed by atoms with Gasteiger partial charge >= 0.3 is 6.09 Å². The van der Waals surface area contributed by atoms with Gasteiger partial charge in [0.05, 0.1) is 12.6 Å². The first-order valence-corrected chi connectivity index (χ1v) is 9.46. The van der Waals surface area contributed by atoms with Gasteiger partial charge in [0.15, 0.2) is 0 Å². The van der Waals surface area contributed by atoms with Crippen LogP contribution in [0, 0.1) is 0 Å². The van der Waals surface area contributed by atoms with Gasteiger partial charge in [-0.05, 0) is 23.3 Å². The number of aliphatic hydroxyl groups is 1. The molecule has 6 nitrogen and oxygen atoms in total. The third-order valence-electron chi connectivity index (χ3n) is 4.71. The van der Waals surface area contributed by atoms with Gasteiger partial charge in [-0.1, -0.05) is 54.1 Å². The zero-order valence-electron chi connectivity index (χ0n) is 15.6. The monoisotopic (exact) mass is 402 g/mol. The van der Waals surface area contributed by atoms with Crippen LogP contribution in [0.4, 0.5) is 4.79 Å². The van der Waals surface area contributed by atoms with Gasteiger partial charge in [0.1, 0.15) is 12.6 Å². The van der Waals surface area contributed by atoms with Crippen LogP contribution < -0.4 is 0 Å². The van der Waals surface area contributed by atoms with Crippen molar-refractivity contribution in [2.45, 2.75) is 31.7 Å². The minimum Gasteiger partial charge on any atom is -0.445 e. The molecule has 0 aromatic heterocycles. The Morgan fingerprint density at radius 3 is 2.50 bits per heavy atom. The zero-order valence-corrected chi connectivity index (χ0v) is 16.4. The van der Waals surface area contributed by atoms with Crippen LogP contribution in [0.3, 0.4) is 0 Å². The molecule has 1 aliphatic heterocycles. The molecule has 0 bridgehead atoms. The maximum Gasteiger partial charge on any atom is 0.410 e. The fraction of sp³-hybridized carbons (Fsp3) is 0.333. The van der Waals surface area contributed by atoms with Gasteiger partial charge in [-0.15, -0.1) is 0 Å². The van der Waals surface area contributed by atoms with Gasteiger partial charge in [-0.25, -0.2) is 4.79 Å². The topological polar surface area (TPSA) is 70.1 Å². The number of halogens is 1. The minimum atomic E-state index is -0.748. The first kappa shape index (κ1) is 20.2. The molecule has 0 saturated carbocycles. The molecule has 1 unspecified atom stereocenters. The summed E-state index contributed by atoms with van der Waals surface area (Å²) in [4.78, 5) is 28.3. The number of aliphatic hydroxyl groups excluding tert-OH is 1. The fourth-order valence-corrected chi connectivity index (χ4v) is 3.37. The first-order chi connectivity index (χ1) is 13.4. The van der Waals surface area contributed by atoms with Crippen molar-refractivity contribution < 1.29 is 19.4 Å². The van der Waals surface area contributed by atoms with Crippen LogP contribution in [-0.2, 0) is 22.7 Å². The maximum atomic E-state index is 12.9. The van der Waals surface area contributed by atoms with Crippen molar-refractivity contribution in [1.29, 1.82) is 0 Å². The molecule has 2 aromatic carbocycles. The van der Waals surface area contributed by atoms with Gasteiger partial charge in [0.2, 0.25) is 5.91 Å². The quantitative estimate of drug-likeness (QED) is 0.834. The predicted molar refractivity (Wildman–Crippen MR) is 106 cm³/mol. The molecule has 3 rings (SSSR count). The number of carbonyl (C=O) groups is 2. The summed E-state index contributed by atoms with van der Waals surface area (Å²) in [5, 5.41) is 10.6. The van der Waals surface area contributed by atoms with Crippen molar-refractivity contribution in [3.63, 3.8) is 0 Å². The zero-order chi connectivity index (χ0) is 20.1. The molecule has 0 radical (unpaired) electrons. The van der Waals surface area contributed by atoms with Gasteiger partial charge in [-0.2, -0.15) is 0 Å². The number of ether oxygens (including phenoxy) is 1. The lowest BCUT2D eigenvalue weighted by Gasteiger charge is -2.27. The largest absolute Gasteiger partial charge is 0.445 e. The molecular weight excluding hydrogens is 380 g/mol. The van der Waals surface area contributed by atoms with E-state index in [-0.39, 0.29) is 25.5 Å². The summed E-state index contributed by atoms with van der Waals surface area (Å²) in [5.74, 6) is -0.219. The molecule has 28 heavy (non-hydrogen) atoms. The SMILES string of the molecule is CN(Cc1ccccc1)C(=O)[C@@H]1CC(O)CN1C(=O)OCc1ccc(Cl)cc1. The van der Waals surface area contributed by atoms with Crippen molar-refractivity contribution >= 4 is 23.6 Å². The van der Waals surface area contributed by atoms with Crippen molar-refractivity contribution in [2.24, 2.45) is 0 Å². The van der Waals surface area contributed by atoms with E-state index in [0.29, 0.717) is 11.6 Å². The highest BCUT2D eigenvalue weighted by Crippen LogP contribution is 2.22. The molecule has 1 N–H and O–H groups in total. The fourth-order valence-electron chi connectivity index (χ4n) is 3.25. The van der Waals surface area contributed by atoms with E-state index < -0.39 is 18.2 Å². The number of rotatable bonds is 5. The molecule has 2 aromatic rings. The van der Waals surface area contributed by atoms with Crippen LogP contribution in [0.1, 0.15) is 17.5 Å². The Balaban J connectivity index is 1.61. The van der Waals surface area contributed by atoms with Gasteiger partial charge in [0, 0.05) is 25.0 Å². The van der Waals surface area contributed by atoms with Crippen molar-refractivity contribution in [3.05, 3.63) is 70.7 Å². The molecule has 1 heterocycles. The van der Waals surface area contributed by atoms with E-state index in [0.717, 1.165) is 11.1 Å². The molecular formula is C21H23ClN2O4. The highest BCUT2D eigenvalue weighted by Gasteiger charge is 2.41. The standard InChI is InChI=1S/C21H23ClN2O4/c1-23(12-15-5-3-2-4-6-15)20(26)19-11-18(25)13-24(19)21(27)28-14-16-7-9-17(22)10-8-16/h2-10,18-19,25H,11-14H2,1H3/t18?,19-/m0/s1. The average Bonchev–Trinajstić information content (AvgIpc) is 3.09. The van der Waals surface area contributed by atoms with Crippen molar-refractivity contribution in [1.82, 2.24) is 9.80 Å². The molecule has 1 aliphatic rings.